The predicted molar refractivity (Wildman–Crippen MR) is 153 cm³/mol. The summed E-state index contributed by atoms with van der Waals surface area (Å²) >= 11 is 0. The number of carbonyl (C=O) groups is 1. The van der Waals surface area contributed by atoms with Gasteiger partial charge in [0.05, 0.1) is 0 Å². The van der Waals surface area contributed by atoms with Crippen LogP contribution in [0.1, 0.15) is 5.56 Å². The van der Waals surface area contributed by atoms with Crippen molar-refractivity contribution in [2.24, 2.45) is 0 Å². The number of fused-ring (bicyclic) bond motifs is 1. The van der Waals surface area contributed by atoms with Crippen molar-refractivity contribution in [3.63, 3.8) is 0 Å². The number of benzene rings is 2. The number of nitrogens with one attached hydrogen (secondary N) is 4. The zero-order valence-corrected chi connectivity index (χ0v) is 21.6. The van der Waals surface area contributed by atoms with Crippen LogP contribution in [0.15, 0.2) is 97.7 Å². The summed E-state index contributed by atoms with van der Waals surface area (Å²) in [6, 6.07) is 18.9. The van der Waals surface area contributed by atoms with Crippen molar-refractivity contribution in [2.45, 2.75) is 6.92 Å². The molecule has 0 radical (unpaired) electrons. The van der Waals surface area contributed by atoms with E-state index in [9.17, 15) is 4.79 Å². The zero-order valence-electron chi connectivity index (χ0n) is 21.6. The molecule has 0 saturated heterocycles. The molecule has 196 valence electrons. The molecule has 0 atom stereocenters. The summed E-state index contributed by atoms with van der Waals surface area (Å²) in [5.41, 5.74) is 4.11. The highest BCUT2D eigenvalue weighted by Gasteiger charge is 2.07. The number of nitrogens with zero attached hydrogens (tertiary/aromatic N) is 4. The monoisotopic (exact) mass is 520 g/mol. The van der Waals surface area contributed by atoms with Crippen LogP contribution in [0, 0.1) is 6.92 Å². The molecule has 3 aromatic heterocycles. The fourth-order valence-electron chi connectivity index (χ4n) is 3.86. The van der Waals surface area contributed by atoms with Gasteiger partial charge in [0.1, 0.15) is 35.1 Å². The highest BCUT2D eigenvalue weighted by molar-refractivity contribution is 5.99. The maximum atomic E-state index is 12.1. The number of rotatable bonds is 10. The SMILES string of the molecule is CNC/C=C/C(=O)Nc1cccc(Nc2cc(Nc3ccc(Oc4ccn5ccnc5c4)c(C)c3)ncn2)c1. The van der Waals surface area contributed by atoms with Crippen LogP contribution < -0.4 is 26.0 Å². The second-order valence-corrected chi connectivity index (χ2v) is 8.71. The molecule has 0 aliphatic heterocycles. The Bertz CT molecular complexity index is 1630. The molecule has 3 heterocycles. The molecule has 10 nitrogen and oxygen atoms in total. The lowest BCUT2D eigenvalue weighted by Gasteiger charge is -2.12. The third-order valence-electron chi connectivity index (χ3n) is 5.71. The van der Waals surface area contributed by atoms with Gasteiger partial charge in [0, 0.05) is 60.4 Å². The van der Waals surface area contributed by atoms with Crippen LogP contribution >= 0.6 is 0 Å². The van der Waals surface area contributed by atoms with E-state index < -0.39 is 0 Å². The Morgan fingerprint density at radius 2 is 1.72 bits per heavy atom. The standard InChI is InChI=1S/C29H28N8O2/c1-20-15-23(8-9-25(20)39-24-10-13-37-14-12-31-28(37)17-24)35-27-18-26(32-19-33-27)34-21-5-3-6-22(16-21)36-29(38)7-4-11-30-2/h3-10,12-19,30H,11H2,1-2H3,(H,36,38)(H2,32,33,34,35)/b7-4+. The Balaban J connectivity index is 1.23. The first kappa shape index (κ1) is 25.4. The Morgan fingerprint density at radius 1 is 0.923 bits per heavy atom. The van der Waals surface area contributed by atoms with Crippen LogP contribution in [0.3, 0.4) is 0 Å². The van der Waals surface area contributed by atoms with Gasteiger partial charge < -0.3 is 30.4 Å². The molecule has 0 aliphatic carbocycles. The lowest BCUT2D eigenvalue weighted by molar-refractivity contribution is -0.111. The average molecular weight is 521 g/mol. The summed E-state index contributed by atoms with van der Waals surface area (Å²) in [5.74, 6) is 2.52. The van der Waals surface area contributed by atoms with Gasteiger partial charge in [-0.05, 0) is 62.0 Å². The second kappa shape index (κ2) is 11.9. The lowest BCUT2D eigenvalue weighted by atomic mass is 10.2. The number of aromatic nitrogens is 4. The van der Waals surface area contributed by atoms with Crippen LogP contribution in [0.2, 0.25) is 0 Å². The molecular weight excluding hydrogens is 492 g/mol. The number of anilines is 5. The van der Waals surface area contributed by atoms with Crippen LogP contribution in [-0.4, -0.2) is 38.9 Å². The van der Waals surface area contributed by atoms with E-state index in [2.05, 4.69) is 36.2 Å². The zero-order chi connectivity index (χ0) is 27.0. The largest absolute Gasteiger partial charge is 0.457 e. The molecule has 5 rings (SSSR count). The van der Waals surface area contributed by atoms with Gasteiger partial charge >= 0.3 is 0 Å². The van der Waals surface area contributed by atoms with Gasteiger partial charge in [-0.1, -0.05) is 12.1 Å². The highest BCUT2D eigenvalue weighted by atomic mass is 16.5. The topological polar surface area (TPSA) is 118 Å². The normalized spacial score (nSPS) is 11.0. The van der Waals surface area contributed by atoms with Crippen LogP contribution in [-0.2, 0) is 4.79 Å². The summed E-state index contributed by atoms with van der Waals surface area (Å²) in [6.07, 6.45) is 10.3. The maximum Gasteiger partial charge on any atom is 0.248 e. The van der Waals surface area contributed by atoms with Gasteiger partial charge in [-0.25, -0.2) is 15.0 Å². The molecule has 2 aromatic carbocycles. The van der Waals surface area contributed by atoms with Gasteiger partial charge in [-0.2, -0.15) is 0 Å². The van der Waals surface area contributed by atoms with Crippen molar-refractivity contribution in [3.05, 3.63) is 103 Å². The fourth-order valence-corrected chi connectivity index (χ4v) is 3.86. The number of imidazole rings is 1. The number of pyridine rings is 1. The number of aryl methyl sites for hydroxylation is 1. The molecule has 0 aliphatic rings. The van der Waals surface area contributed by atoms with E-state index in [-0.39, 0.29) is 5.91 Å². The number of likely N-dealkylation sites (N-methyl/N-ethyl adjacent to an activating group) is 1. The summed E-state index contributed by atoms with van der Waals surface area (Å²) in [6.45, 7) is 2.61. The Hall–Kier alpha value is -5.22. The van der Waals surface area contributed by atoms with Crippen molar-refractivity contribution >= 4 is 40.3 Å². The van der Waals surface area contributed by atoms with Crippen LogP contribution in [0.4, 0.5) is 28.7 Å². The quantitative estimate of drug-likeness (QED) is 0.180. The molecular formula is C29H28N8O2. The first-order valence-corrected chi connectivity index (χ1v) is 12.4. The first-order chi connectivity index (χ1) is 19.1. The molecule has 1 amide bonds. The van der Waals surface area contributed by atoms with Crippen molar-refractivity contribution in [1.29, 1.82) is 0 Å². The summed E-state index contributed by atoms with van der Waals surface area (Å²) in [7, 11) is 1.82. The van der Waals surface area contributed by atoms with Gasteiger partial charge in [0.15, 0.2) is 0 Å². The average Bonchev–Trinajstić information content (AvgIpc) is 3.39. The second-order valence-electron chi connectivity index (χ2n) is 8.71. The highest BCUT2D eigenvalue weighted by Crippen LogP contribution is 2.29. The Labute approximate surface area is 225 Å². The van der Waals surface area contributed by atoms with E-state index >= 15 is 0 Å². The fraction of sp³-hybridized carbons (Fsp3) is 0.103. The molecule has 0 bridgehead atoms. The number of carbonyl (C=O) groups excluding carboxylic acids is 1. The molecule has 10 heteroatoms. The molecule has 4 N–H and O–H groups in total. The Morgan fingerprint density at radius 3 is 2.51 bits per heavy atom. The molecule has 5 aromatic rings. The van der Waals surface area contributed by atoms with Gasteiger partial charge in [0.25, 0.3) is 0 Å². The minimum absolute atomic E-state index is 0.193. The van der Waals surface area contributed by atoms with E-state index in [0.29, 0.717) is 23.9 Å². The minimum atomic E-state index is -0.193. The van der Waals surface area contributed by atoms with Crippen molar-refractivity contribution in [3.8, 4) is 11.5 Å². The molecule has 0 spiro atoms. The van der Waals surface area contributed by atoms with E-state index in [0.717, 1.165) is 34.1 Å². The van der Waals surface area contributed by atoms with Crippen LogP contribution in [0.25, 0.3) is 5.65 Å². The number of amides is 1. The van der Waals surface area contributed by atoms with Crippen molar-refractivity contribution in [1.82, 2.24) is 24.7 Å². The molecule has 0 saturated carbocycles. The van der Waals surface area contributed by atoms with Crippen LogP contribution in [0.5, 0.6) is 11.5 Å². The third-order valence-corrected chi connectivity index (χ3v) is 5.71. The van der Waals surface area contributed by atoms with E-state index in [1.165, 1.54) is 12.4 Å². The van der Waals surface area contributed by atoms with Gasteiger partial charge in [0.2, 0.25) is 5.91 Å². The summed E-state index contributed by atoms with van der Waals surface area (Å²) < 4.78 is 8.01. The van der Waals surface area contributed by atoms with Crippen molar-refractivity contribution < 1.29 is 9.53 Å². The predicted octanol–water partition coefficient (Wildman–Crippen LogP) is 5.43. The number of hydrogen-bond donors (Lipinski definition) is 4. The van der Waals surface area contributed by atoms with E-state index in [4.69, 9.17) is 4.74 Å². The molecule has 39 heavy (non-hydrogen) atoms. The Kier molecular flexibility index (Phi) is 7.75. The molecule has 0 fully saturated rings. The van der Waals surface area contributed by atoms with E-state index in [1.54, 1.807) is 12.3 Å². The van der Waals surface area contributed by atoms with Crippen molar-refractivity contribution in [2.75, 3.05) is 29.5 Å². The first-order valence-electron chi connectivity index (χ1n) is 12.4. The lowest BCUT2D eigenvalue weighted by Crippen LogP contribution is -2.10. The smallest absolute Gasteiger partial charge is 0.248 e. The number of hydrogen-bond acceptors (Lipinski definition) is 8. The van der Waals surface area contributed by atoms with Gasteiger partial charge in [-0.3, -0.25) is 4.79 Å². The molecule has 0 unspecified atom stereocenters. The third kappa shape index (κ3) is 6.76. The van der Waals surface area contributed by atoms with Gasteiger partial charge in [-0.15, -0.1) is 0 Å². The minimum Gasteiger partial charge on any atom is -0.457 e. The van der Waals surface area contributed by atoms with E-state index in [1.807, 2.05) is 91.4 Å². The number of ether oxygens (including phenoxy) is 1. The maximum absolute atomic E-state index is 12.1. The summed E-state index contributed by atoms with van der Waals surface area (Å²) in [4.78, 5) is 25.0. The summed E-state index contributed by atoms with van der Waals surface area (Å²) in [5, 5.41) is 12.4.